The lowest BCUT2D eigenvalue weighted by Gasteiger charge is -2.17. The van der Waals surface area contributed by atoms with Gasteiger partial charge in [-0.25, -0.2) is 8.42 Å². The average molecular weight is 399 g/mol. The second-order valence-electron chi connectivity index (χ2n) is 5.33. The normalized spacial score (nSPS) is 11.3. The smallest absolute Gasteiger partial charge is 0.243 e. The largest absolute Gasteiger partial charge is 0.497 e. The van der Waals surface area contributed by atoms with Crippen molar-refractivity contribution in [2.24, 2.45) is 0 Å². The molecule has 0 aliphatic carbocycles. The molecule has 0 fully saturated rings. The van der Waals surface area contributed by atoms with E-state index in [0.29, 0.717) is 17.2 Å². The third-order valence-electron chi connectivity index (χ3n) is 3.57. The van der Waals surface area contributed by atoms with Crippen LogP contribution in [0.3, 0.4) is 0 Å². The average Bonchev–Trinajstić information content (AvgIpc) is 2.62. The van der Waals surface area contributed by atoms with Gasteiger partial charge in [0.25, 0.3) is 0 Å². The lowest BCUT2D eigenvalue weighted by molar-refractivity contribution is -0.116. The van der Waals surface area contributed by atoms with E-state index in [4.69, 9.17) is 21.1 Å². The molecule has 1 N–H and O–H groups in total. The first-order valence-electron chi connectivity index (χ1n) is 7.51. The van der Waals surface area contributed by atoms with Crippen LogP contribution in [0.1, 0.15) is 0 Å². The van der Waals surface area contributed by atoms with Gasteiger partial charge in [0.1, 0.15) is 11.5 Å². The number of ether oxygens (including phenoxy) is 2. The van der Waals surface area contributed by atoms with Crippen LogP contribution < -0.4 is 14.8 Å². The first-order valence-corrected chi connectivity index (χ1v) is 9.33. The number of benzene rings is 2. The Hall–Kier alpha value is -2.29. The van der Waals surface area contributed by atoms with Gasteiger partial charge in [0, 0.05) is 12.7 Å². The molecule has 2 rings (SSSR count). The zero-order chi connectivity index (χ0) is 19.3. The van der Waals surface area contributed by atoms with Crippen molar-refractivity contribution in [2.75, 3.05) is 33.1 Å². The van der Waals surface area contributed by atoms with Crippen LogP contribution in [0.2, 0.25) is 5.02 Å². The minimum absolute atomic E-state index is 0.0250. The summed E-state index contributed by atoms with van der Waals surface area (Å²) < 4.78 is 36.2. The van der Waals surface area contributed by atoms with Gasteiger partial charge in [-0.2, -0.15) is 4.31 Å². The summed E-state index contributed by atoms with van der Waals surface area (Å²) in [5.41, 5.74) is 0.536. The molecule has 0 aliphatic heterocycles. The van der Waals surface area contributed by atoms with E-state index in [1.807, 2.05) is 0 Å². The van der Waals surface area contributed by atoms with E-state index in [0.717, 1.165) is 4.31 Å². The van der Waals surface area contributed by atoms with Gasteiger partial charge in [-0.1, -0.05) is 11.6 Å². The van der Waals surface area contributed by atoms with Gasteiger partial charge in [0.2, 0.25) is 15.9 Å². The number of nitrogens with zero attached hydrogens (tertiary/aromatic N) is 1. The molecule has 1 amide bonds. The Morgan fingerprint density at radius 3 is 2.31 bits per heavy atom. The van der Waals surface area contributed by atoms with Crippen molar-refractivity contribution in [3.05, 3.63) is 47.5 Å². The molecule has 0 spiro atoms. The van der Waals surface area contributed by atoms with Gasteiger partial charge in [0.15, 0.2) is 0 Å². The first kappa shape index (κ1) is 20.0. The molecule has 2 aromatic carbocycles. The van der Waals surface area contributed by atoms with Crippen LogP contribution in [-0.4, -0.2) is 46.4 Å². The van der Waals surface area contributed by atoms with Gasteiger partial charge >= 0.3 is 0 Å². The number of sulfonamides is 1. The van der Waals surface area contributed by atoms with Crippen LogP contribution in [0, 0.1) is 0 Å². The predicted molar refractivity (Wildman–Crippen MR) is 99.4 cm³/mol. The number of nitrogens with one attached hydrogen (secondary N) is 1. The summed E-state index contributed by atoms with van der Waals surface area (Å²) in [7, 11) is 0.425. The molecule has 0 aromatic heterocycles. The Labute approximate surface area is 157 Å². The van der Waals surface area contributed by atoms with E-state index >= 15 is 0 Å². The van der Waals surface area contributed by atoms with Crippen LogP contribution in [0.4, 0.5) is 5.69 Å². The fraction of sp³-hybridized carbons (Fsp3) is 0.235. The first-order chi connectivity index (χ1) is 12.3. The molecule has 0 atom stereocenters. The summed E-state index contributed by atoms with van der Waals surface area (Å²) >= 11 is 5.98. The topological polar surface area (TPSA) is 84.9 Å². The van der Waals surface area contributed by atoms with Gasteiger partial charge in [-0.05, 0) is 42.5 Å². The number of halogens is 1. The molecule has 7 nitrogen and oxygen atoms in total. The van der Waals surface area contributed by atoms with Crippen molar-refractivity contribution in [2.45, 2.75) is 4.90 Å². The van der Waals surface area contributed by atoms with Crippen LogP contribution in [-0.2, 0) is 14.8 Å². The van der Waals surface area contributed by atoms with Gasteiger partial charge in [-0.15, -0.1) is 0 Å². The SMILES string of the molecule is COc1ccc(NC(=O)CN(C)S(=O)(=O)c2ccc(OC)c(Cl)c2)cc1. The number of hydrogen-bond acceptors (Lipinski definition) is 5. The van der Waals surface area contributed by atoms with Crippen molar-refractivity contribution < 1.29 is 22.7 Å². The molecule has 0 heterocycles. The maximum absolute atomic E-state index is 12.6. The predicted octanol–water partition coefficient (Wildman–Crippen LogP) is 2.62. The third kappa shape index (κ3) is 4.66. The summed E-state index contributed by atoms with van der Waals surface area (Å²) in [6, 6.07) is 10.8. The number of likely N-dealkylation sites (N-methyl/N-ethyl adjacent to an activating group) is 1. The number of rotatable bonds is 7. The van der Waals surface area contributed by atoms with E-state index < -0.39 is 15.9 Å². The van der Waals surface area contributed by atoms with Crippen molar-refractivity contribution in [1.29, 1.82) is 0 Å². The Morgan fingerprint density at radius 2 is 1.77 bits per heavy atom. The van der Waals surface area contributed by atoms with Crippen LogP contribution in [0.25, 0.3) is 0 Å². The Morgan fingerprint density at radius 1 is 1.12 bits per heavy atom. The zero-order valence-electron chi connectivity index (χ0n) is 14.5. The van der Waals surface area contributed by atoms with E-state index in [9.17, 15) is 13.2 Å². The lowest BCUT2D eigenvalue weighted by Crippen LogP contribution is -2.34. The van der Waals surface area contributed by atoms with Crippen molar-refractivity contribution in [3.63, 3.8) is 0 Å². The number of hydrogen-bond donors (Lipinski definition) is 1. The summed E-state index contributed by atoms with van der Waals surface area (Å²) in [6.45, 7) is -0.349. The molecule has 0 radical (unpaired) electrons. The molecule has 140 valence electrons. The van der Waals surface area contributed by atoms with Gasteiger partial charge in [-0.3, -0.25) is 4.79 Å². The minimum Gasteiger partial charge on any atom is -0.497 e. The molecule has 26 heavy (non-hydrogen) atoms. The maximum Gasteiger partial charge on any atom is 0.243 e. The highest BCUT2D eigenvalue weighted by Gasteiger charge is 2.24. The Kier molecular flexibility index (Phi) is 6.47. The van der Waals surface area contributed by atoms with Gasteiger partial charge < -0.3 is 14.8 Å². The summed E-state index contributed by atoms with van der Waals surface area (Å²) in [4.78, 5) is 12.1. The lowest BCUT2D eigenvalue weighted by atomic mass is 10.3. The number of amides is 1. The highest BCUT2D eigenvalue weighted by atomic mass is 35.5. The quantitative estimate of drug-likeness (QED) is 0.774. The maximum atomic E-state index is 12.6. The van der Waals surface area contributed by atoms with E-state index in [1.165, 1.54) is 32.4 Å². The molecule has 0 bridgehead atoms. The van der Waals surface area contributed by atoms with Crippen molar-refractivity contribution >= 4 is 33.2 Å². The molecular weight excluding hydrogens is 380 g/mol. The molecular formula is C17H19ClN2O5S. The van der Waals surface area contributed by atoms with Crippen molar-refractivity contribution in [1.82, 2.24) is 4.31 Å². The van der Waals surface area contributed by atoms with E-state index in [2.05, 4.69) is 5.32 Å². The monoisotopic (exact) mass is 398 g/mol. The Balaban J connectivity index is 2.07. The highest BCUT2D eigenvalue weighted by Crippen LogP contribution is 2.28. The van der Waals surface area contributed by atoms with Crippen LogP contribution >= 0.6 is 11.6 Å². The second-order valence-corrected chi connectivity index (χ2v) is 7.79. The Bertz CT molecular complexity index is 885. The second kappa shape index (κ2) is 8.39. The standard InChI is InChI=1S/C17H19ClN2O5S/c1-20(11-17(21)19-12-4-6-13(24-2)7-5-12)26(22,23)14-8-9-16(25-3)15(18)10-14/h4-10H,11H2,1-3H3,(H,19,21). The number of anilines is 1. The fourth-order valence-corrected chi connectivity index (χ4v) is 3.63. The van der Waals surface area contributed by atoms with E-state index in [-0.39, 0.29) is 16.5 Å². The van der Waals surface area contributed by atoms with Gasteiger partial charge in [0.05, 0.1) is 30.7 Å². The van der Waals surface area contributed by atoms with Crippen molar-refractivity contribution in [3.8, 4) is 11.5 Å². The number of carbonyl (C=O) groups is 1. The molecule has 0 saturated carbocycles. The fourth-order valence-electron chi connectivity index (χ4n) is 2.15. The number of carbonyl (C=O) groups excluding carboxylic acids is 1. The van der Waals surface area contributed by atoms with Crippen LogP contribution in [0.5, 0.6) is 11.5 Å². The summed E-state index contributed by atoms with van der Waals surface area (Å²) in [6.07, 6.45) is 0. The summed E-state index contributed by atoms with van der Waals surface area (Å²) in [5.74, 6) is 0.547. The zero-order valence-corrected chi connectivity index (χ0v) is 16.1. The molecule has 0 aliphatic rings. The van der Waals surface area contributed by atoms with Crippen LogP contribution in [0.15, 0.2) is 47.4 Å². The summed E-state index contributed by atoms with van der Waals surface area (Å²) in [5, 5.41) is 2.80. The molecule has 2 aromatic rings. The van der Waals surface area contributed by atoms with E-state index in [1.54, 1.807) is 31.4 Å². The molecule has 0 unspecified atom stereocenters. The molecule has 9 heteroatoms. The third-order valence-corrected chi connectivity index (χ3v) is 5.67. The number of methoxy groups -OCH3 is 2. The minimum atomic E-state index is -3.87. The molecule has 0 saturated heterocycles. The highest BCUT2D eigenvalue weighted by molar-refractivity contribution is 7.89.